The van der Waals surface area contributed by atoms with E-state index >= 15 is 0 Å². The van der Waals surface area contributed by atoms with Crippen molar-refractivity contribution in [2.75, 3.05) is 19.6 Å². The summed E-state index contributed by atoms with van der Waals surface area (Å²) in [5.74, 6) is 1.58. The van der Waals surface area contributed by atoms with Crippen LogP contribution in [0.15, 0.2) is 4.99 Å². The lowest BCUT2D eigenvalue weighted by Gasteiger charge is -2.44. The molecule has 3 atom stereocenters. The van der Waals surface area contributed by atoms with Gasteiger partial charge in [-0.15, -0.1) is 0 Å². The molecule has 2 saturated carbocycles. The van der Waals surface area contributed by atoms with E-state index in [1.165, 1.54) is 19.3 Å². The van der Waals surface area contributed by atoms with Gasteiger partial charge in [-0.2, -0.15) is 0 Å². The van der Waals surface area contributed by atoms with E-state index in [4.69, 9.17) is 10.7 Å². The maximum Gasteiger partial charge on any atom is 0.192 e. The Morgan fingerprint density at radius 2 is 1.95 bits per heavy atom. The first kappa shape index (κ1) is 15.1. The Balaban J connectivity index is 1.83. The molecule has 120 valence electrons. The minimum atomic E-state index is 0.0554. The Morgan fingerprint density at radius 3 is 2.48 bits per heavy atom. The third-order valence-corrected chi connectivity index (χ3v) is 7.11. The van der Waals surface area contributed by atoms with Crippen LogP contribution in [-0.2, 0) is 0 Å². The predicted octanol–water partition coefficient (Wildman–Crippen LogP) is 2.20. The Bertz CT molecular complexity index is 454. The van der Waals surface area contributed by atoms with Gasteiger partial charge in [0.1, 0.15) is 0 Å². The number of nitrogens with zero attached hydrogens (tertiary/aromatic N) is 2. The zero-order valence-electron chi connectivity index (χ0n) is 14.4. The average molecular weight is 292 g/mol. The summed E-state index contributed by atoms with van der Waals surface area (Å²) >= 11 is 0. The fourth-order valence-corrected chi connectivity index (χ4v) is 4.99. The van der Waals surface area contributed by atoms with Gasteiger partial charge < -0.3 is 16.0 Å². The van der Waals surface area contributed by atoms with Gasteiger partial charge in [-0.3, -0.25) is 0 Å². The van der Waals surface area contributed by atoms with Crippen LogP contribution in [0.2, 0.25) is 0 Å². The molecule has 3 unspecified atom stereocenters. The van der Waals surface area contributed by atoms with Gasteiger partial charge in [0.2, 0.25) is 0 Å². The zero-order valence-corrected chi connectivity index (χ0v) is 14.4. The van der Waals surface area contributed by atoms with Crippen LogP contribution in [-0.4, -0.2) is 42.1 Å². The van der Waals surface area contributed by atoms with E-state index in [9.17, 15) is 0 Å². The van der Waals surface area contributed by atoms with Crippen LogP contribution in [0.3, 0.4) is 0 Å². The standard InChI is InChI=1S/C17H32N4/c1-15(2)11-19-8-9-21(15)14(18)20-13-10-12-6-7-17(13,5)16(12,3)4/h12-13,19H,6-11H2,1-5H3,(H2,18,20). The van der Waals surface area contributed by atoms with E-state index in [0.29, 0.717) is 16.9 Å². The molecule has 0 aromatic rings. The van der Waals surface area contributed by atoms with Crippen LogP contribution >= 0.6 is 0 Å². The maximum atomic E-state index is 6.43. The summed E-state index contributed by atoms with van der Waals surface area (Å²) < 4.78 is 0. The van der Waals surface area contributed by atoms with E-state index in [2.05, 4.69) is 44.8 Å². The topological polar surface area (TPSA) is 53.6 Å². The highest BCUT2D eigenvalue weighted by Gasteiger charge is 2.61. The number of aliphatic imine (C=N–C) groups is 1. The predicted molar refractivity (Wildman–Crippen MR) is 88.3 cm³/mol. The van der Waals surface area contributed by atoms with Crippen LogP contribution in [0.25, 0.3) is 0 Å². The van der Waals surface area contributed by atoms with Crippen molar-refractivity contribution in [3.63, 3.8) is 0 Å². The third kappa shape index (κ3) is 2.09. The molecule has 1 saturated heterocycles. The second-order valence-corrected chi connectivity index (χ2v) is 8.75. The molecule has 2 bridgehead atoms. The van der Waals surface area contributed by atoms with Crippen molar-refractivity contribution in [3.05, 3.63) is 0 Å². The van der Waals surface area contributed by atoms with E-state index in [1.807, 2.05) is 0 Å². The Labute approximate surface area is 129 Å². The summed E-state index contributed by atoms with van der Waals surface area (Å²) in [4.78, 5) is 7.34. The monoisotopic (exact) mass is 292 g/mol. The first-order chi connectivity index (χ1) is 9.68. The molecule has 0 aromatic heterocycles. The lowest BCUT2D eigenvalue weighted by Crippen LogP contribution is -2.62. The molecule has 3 rings (SSSR count). The molecule has 21 heavy (non-hydrogen) atoms. The molecule has 3 N–H and O–H groups in total. The highest BCUT2D eigenvalue weighted by Crippen LogP contribution is 2.66. The molecule has 4 nitrogen and oxygen atoms in total. The number of piperazine rings is 1. The van der Waals surface area contributed by atoms with Crippen molar-refractivity contribution in [3.8, 4) is 0 Å². The zero-order chi connectivity index (χ0) is 15.5. The largest absolute Gasteiger partial charge is 0.370 e. The number of rotatable bonds is 1. The van der Waals surface area contributed by atoms with Gasteiger partial charge in [-0.1, -0.05) is 20.8 Å². The smallest absolute Gasteiger partial charge is 0.192 e. The fourth-order valence-electron chi connectivity index (χ4n) is 4.99. The summed E-state index contributed by atoms with van der Waals surface area (Å²) in [5.41, 5.74) is 7.21. The molecule has 3 fully saturated rings. The van der Waals surface area contributed by atoms with Crippen molar-refractivity contribution < 1.29 is 0 Å². The highest BCUT2D eigenvalue weighted by atomic mass is 15.3. The van der Waals surface area contributed by atoms with Gasteiger partial charge in [0.25, 0.3) is 0 Å². The lowest BCUT2D eigenvalue weighted by atomic mass is 9.69. The molecule has 0 amide bonds. The van der Waals surface area contributed by atoms with E-state index in [-0.39, 0.29) is 5.54 Å². The minimum absolute atomic E-state index is 0.0554. The fraction of sp³-hybridized carbons (Fsp3) is 0.941. The molecule has 3 aliphatic rings. The Morgan fingerprint density at radius 1 is 1.24 bits per heavy atom. The summed E-state index contributed by atoms with van der Waals surface area (Å²) in [6.07, 6.45) is 3.89. The van der Waals surface area contributed by atoms with Crippen molar-refractivity contribution in [2.45, 2.75) is 65.5 Å². The number of hydrogen-bond acceptors (Lipinski definition) is 2. The molecular weight excluding hydrogens is 260 g/mol. The molecular formula is C17H32N4. The highest BCUT2D eigenvalue weighted by molar-refractivity contribution is 5.79. The first-order valence-electron chi connectivity index (χ1n) is 8.50. The van der Waals surface area contributed by atoms with Crippen LogP contribution in [0.5, 0.6) is 0 Å². The molecule has 2 aliphatic carbocycles. The lowest BCUT2D eigenvalue weighted by molar-refractivity contribution is 0.133. The molecule has 4 heteroatoms. The summed E-state index contributed by atoms with van der Waals surface area (Å²) in [6, 6.07) is 0.400. The van der Waals surface area contributed by atoms with Crippen LogP contribution < -0.4 is 11.1 Å². The summed E-state index contributed by atoms with van der Waals surface area (Å²) in [6.45, 7) is 14.7. The molecule has 0 radical (unpaired) electrons. The number of guanidine groups is 1. The number of hydrogen-bond donors (Lipinski definition) is 2. The molecule has 0 spiro atoms. The van der Waals surface area contributed by atoms with E-state index in [1.54, 1.807) is 0 Å². The van der Waals surface area contributed by atoms with Crippen molar-refractivity contribution in [1.82, 2.24) is 10.2 Å². The summed E-state index contributed by atoms with van der Waals surface area (Å²) in [5, 5.41) is 3.45. The third-order valence-electron chi connectivity index (χ3n) is 7.11. The average Bonchev–Trinajstić information content (AvgIpc) is 2.71. The van der Waals surface area contributed by atoms with Gasteiger partial charge in [-0.05, 0) is 49.9 Å². The van der Waals surface area contributed by atoms with Gasteiger partial charge >= 0.3 is 0 Å². The second-order valence-electron chi connectivity index (χ2n) is 8.75. The second kappa shape index (κ2) is 4.61. The Kier molecular flexibility index (Phi) is 3.32. The molecule has 1 aliphatic heterocycles. The SMILES string of the molecule is CC1(C)CNCCN1C(N)=NC1CC2CCC1(C)C2(C)C. The number of nitrogens with one attached hydrogen (secondary N) is 1. The van der Waals surface area contributed by atoms with Crippen LogP contribution in [0, 0.1) is 16.7 Å². The molecule has 0 aromatic carbocycles. The summed E-state index contributed by atoms with van der Waals surface area (Å²) in [7, 11) is 0. The molecule has 1 heterocycles. The van der Waals surface area contributed by atoms with Crippen molar-refractivity contribution in [2.24, 2.45) is 27.5 Å². The van der Waals surface area contributed by atoms with Gasteiger partial charge in [-0.25, -0.2) is 4.99 Å². The normalized spacial score (nSPS) is 41.6. The Hall–Kier alpha value is -0.770. The van der Waals surface area contributed by atoms with Gasteiger partial charge in [0, 0.05) is 25.2 Å². The maximum absolute atomic E-state index is 6.43. The van der Waals surface area contributed by atoms with Crippen LogP contribution in [0.4, 0.5) is 0 Å². The quantitative estimate of drug-likeness (QED) is 0.575. The number of nitrogens with two attached hydrogens (primary N) is 1. The minimum Gasteiger partial charge on any atom is -0.370 e. The van der Waals surface area contributed by atoms with E-state index in [0.717, 1.165) is 31.5 Å². The van der Waals surface area contributed by atoms with Gasteiger partial charge in [0.15, 0.2) is 5.96 Å². The number of fused-ring (bicyclic) bond motifs is 2. The van der Waals surface area contributed by atoms with Crippen LogP contribution in [0.1, 0.15) is 53.9 Å². The van der Waals surface area contributed by atoms with Crippen molar-refractivity contribution >= 4 is 5.96 Å². The van der Waals surface area contributed by atoms with E-state index < -0.39 is 0 Å². The van der Waals surface area contributed by atoms with Gasteiger partial charge in [0.05, 0.1) is 6.04 Å². The van der Waals surface area contributed by atoms with Crippen molar-refractivity contribution in [1.29, 1.82) is 0 Å². The first-order valence-corrected chi connectivity index (χ1v) is 8.50.